The molecule has 0 bridgehead atoms. The second kappa shape index (κ2) is 1.95. The lowest BCUT2D eigenvalue weighted by Gasteiger charge is -2.12. The second-order valence-corrected chi connectivity index (χ2v) is 3.06. The van der Waals surface area contributed by atoms with Crippen LogP contribution in [0.5, 0.6) is 0 Å². The van der Waals surface area contributed by atoms with E-state index < -0.39 is 5.97 Å². The van der Waals surface area contributed by atoms with Gasteiger partial charge in [-0.3, -0.25) is 4.79 Å². The number of aliphatic carboxylic acids is 1. The molecule has 3 heteroatoms. The molecule has 1 aliphatic carbocycles. The number of ether oxygens (including phenoxy) is 1. The van der Waals surface area contributed by atoms with Crippen molar-refractivity contribution >= 4 is 5.97 Å². The molecule has 3 nitrogen and oxygen atoms in total. The summed E-state index contributed by atoms with van der Waals surface area (Å²) >= 11 is 0. The summed E-state index contributed by atoms with van der Waals surface area (Å²) in [6, 6.07) is 0. The van der Waals surface area contributed by atoms with Gasteiger partial charge in [0, 0.05) is 0 Å². The SMILES string of the molecule is O=C(O)[C@H]1CC[C@@H]2O[C@H]2C1. The molecule has 0 aromatic heterocycles. The van der Waals surface area contributed by atoms with Crippen LogP contribution >= 0.6 is 0 Å². The van der Waals surface area contributed by atoms with Crippen LogP contribution in [0.3, 0.4) is 0 Å². The highest BCUT2D eigenvalue weighted by Gasteiger charge is 2.45. The van der Waals surface area contributed by atoms with E-state index >= 15 is 0 Å². The molecule has 0 radical (unpaired) electrons. The van der Waals surface area contributed by atoms with E-state index in [2.05, 4.69) is 0 Å². The summed E-state index contributed by atoms with van der Waals surface area (Å²) in [4.78, 5) is 10.5. The molecule has 0 unspecified atom stereocenters. The lowest BCUT2D eigenvalue weighted by Crippen LogP contribution is -2.21. The fourth-order valence-electron chi connectivity index (χ4n) is 1.63. The van der Waals surface area contributed by atoms with Gasteiger partial charge in [0.25, 0.3) is 0 Å². The van der Waals surface area contributed by atoms with Gasteiger partial charge in [0.15, 0.2) is 0 Å². The fourth-order valence-corrected chi connectivity index (χ4v) is 1.63. The Balaban J connectivity index is 1.94. The third kappa shape index (κ3) is 0.904. The van der Waals surface area contributed by atoms with Gasteiger partial charge in [-0.05, 0) is 19.3 Å². The summed E-state index contributed by atoms with van der Waals surface area (Å²) in [6.07, 6.45) is 3.18. The quantitative estimate of drug-likeness (QED) is 0.546. The summed E-state index contributed by atoms with van der Waals surface area (Å²) in [7, 11) is 0. The van der Waals surface area contributed by atoms with Crippen molar-refractivity contribution in [2.24, 2.45) is 5.92 Å². The Morgan fingerprint density at radius 3 is 2.80 bits per heavy atom. The van der Waals surface area contributed by atoms with Crippen molar-refractivity contribution < 1.29 is 14.6 Å². The van der Waals surface area contributed by atoms with Crippen molar-refractivity contribution in [3.63, 3.8) is 0 Å². The molecule has 56 valence electrons. The number of hydrogen-bond donors (Lipinski definition) is 1. The van der Waals surface area contributed by atoms with E-state index in [1.165, 1.54) is 0 Å². The lowest BCUT2D eigenvalue weighted by atomic mass is 9.90. The zero-order chi connectivity index (χ0) is 7.14. The van der Waals surface area contributed by atoms with Crippen LogP contribution in [0.1, 0.15) is 19.3 Å². The van der Waals surface area contributed by atoms with Gasteiger partial charge in [0.1, 0.15) is 0 Å². The van der Waals surface area contributed by atoms with Crippen LogP contribution < -0.4 is 0 Å². The fraction of sp³-hybridized carbons (Fsp3) is 0.857. The van der Waals surface area contributed by atoms with Gasteiger partial charge in [-0.25, -0.2) is 0 Å². The normalized spacial score (nSPS) is 44.2. The van der Waals surface area contributed by atoms with Crippen molar-refractivity contribution in [3.8, 4) is 0 Å². The van der Waals surface area contributed by atoms with E-state index in [0.29, 0.717) is 6.10 Å². The zero-order valence-corrected chi connectivity index (χ0v) is 5.62. The minimum Gasteiger partial charge on any atom is -0.481 e. The highest BCUT2D eigenvalue weighted by molar-refractivity contribution is 5.70. The molecule has 2 fully saturated rings. The first kappa shape index (κ1) is 6.16. The number of hydrogen-bond acceptors (Lipinski definition) is 2. The first-order chi connectivity index (χ1) is 4.77. The van der Waals surface area contributed by atoms with Crippen molar-refractivity contribution in [1.29, 1.82) is 0 Å². The number of fused-ring (bicyclic) bond motifs is 1. The molecule has 0 amide bonds. The van der Waals surface area contributed by atoms with Gasteiger partial charge in [-0.15, -0.1) is 0 Å². The third-order valence-corrected chi connectivity index (χ3v) is 2.35. The Morgan fingerprint density at radius 2 is 2.20 bits per heavy atom. The van der Waals surface area contributed by atoms with Crippen LogP contribution in [0.25, 0.3) is 0 Å². The lowest BCUT2D eigenvalue weighted by molar-refractivity contribution is -0.142. The predicted octanol–water partition coefficient (Wildman–Crippen LogP) is 0.638. The first-order valence-electron chi connectivity index (χ1n) is 3.65. The molecule has 0 aromatic rings. The Hall–Kier alpha value is -0.570. The summed E-state index contributed by atoms with van der Waals surface area (Å²) in [6.45, 7) is 0. The molecule has 0 aromatic carbocycles. The minimum absolute atomic E-state index is 0.135. The number of rotatable bonds is 1. The summed E-state index contributed by atoms with van der Waals surface area (Å²) in [5, 5.41) is 8.62. The summed E-state index contributed by atoms with van der Waals surface area (Å²) in [5.41, 5.74) is 0. The number of epoxide rings is 1. The Morgan fingerprint density at radius 1 is 1.40 bits per heavy atom. The molecule has 10 heavy (non-hydrogen) atoms. The molecule has 2 rings (SSSR count). The average molecular weight is 142 g/mol. The maximum atomic E-state index is 10.5. The standard InChI is InChI=1S/C7H10O3/c8-7(9)4-1-2-5-6(3-4)10-5/h4-6H,1-3H2,(H,8,9)/t4-,5-,6-/m0/s1. The summed E-state index contributed by atoms with van der Waals surface area (Å²) < 4.78 is 5.19. The predicted molar refractivity (Wildman–Crippen MR) is 33.6 cm³/mol. The molecule has 1 saturated heterocycles. The molecule has 1 saturated carbocycles. The molecular formula is C7H10O3. The van der Waals surface area contributed by atoms with Gasteiger partial charge in [0.05, 0.1) is 18.1 Å². The van der Waals surface area contributed by atoms with Crippen LogP contribution in [0.4, 0.5) is 0 Å². The van der Waals surface area contributed by atoms with E-state index in [4.69, 9.17) is 9.84 Å². The van der Waals surface area contributed by atoms with Crippen LogP contribution in [-0.2, 0) is 9.53 Å². The monoisotopic (exact) mass is 142 g/mol. The Labute approximate surface area is 59.0 Å². The molecule has 0 spiro atoms. The van der Waals surface area contributed by atoms with Gasteiger partial charge < -0.3 is 9.84 Å². The Bertz CT molecular complexity index is 166. The third-order valence-electron chi connectivity index (χ3n) is 2.35. The van der Waals surface area contributed by atoms with E-state index in [9.17, 15) is 4.79 Å². The molecule has 1 aliphatic heterocycles. The topological polar surface area (TPSA) is 49.8 Å². The largest absolute Gasteiger partial charge is 0.481 e. The van der Waals surface area contributed by atoms with Crippen molar-refractivity contribution in [1.82, 2.24) is 0 Å². The average Bonchev–Trinajstić information content (AvgIpc) is 2.63. The number of carboxylic acid groups (broad SMARTS) is 1. The molecule has 3 atom stereocenters. The van der Waals surface area contributed by atoms with E-state index in [-0.39, 0.29) is 12.0 Å². The molecule has 1 heterocycles. The van der Waals surface area contributed by atoms with Gasteiger partial charge in [0.2, 0.25) is 0 Å². The van der Waals surface area contributed by atoms with Gasteiger partial charge in [-0.1, -0.05) is 0 Å². The maximum absolute atomic E-state index is 10.5. The minimum atomic E-state index is -0.658. The highest BCUT2D eigenvalue weighted by atomic mass is 16.6. The molecule has 2 aliphatic rings. The highest BCUT2D eigenvalue weighted by Crippen LogP contribution is 2.39. The van der Waals surface area contributed by atoms with Gasteiger partial charge >= 0.3 is 5.97 Å². The maximum Gasteiger partial charge on any atom is 0.306 e. The number of carbonyl (C=O) groups is 1. The first-order valence-corrected chi connectivity index (χ1v) is 3.65. The number of carboxylic acids is 1. The van der Waals surface area contributed by atoms with Crippen molar-refractivity contribution in [3.05, 3.63) is 0 Å². The van der Waals surface area contributed by atoms with Crippen molar-refractivity contribution in [2.45, 2.75) is 31.5 Å². The van der Waals surface area contributed by atoms with Crippen LogP contribution in [-0.4, -0.2) is 23.3 Å². The van der Waals surface area contributed by atoms with E-state index in [0.717, 1.165) is 19.3 Å². The smallest absolute Gasteiger partial charge is 0.306 e. The molecular weight excluding hydrogens is 132 g/mol. The molecule has 1 N–H and O–H groups in total. The van der Waals surface area contributed by atoms with Gasteiger partial charge in [-0.2, -0.15) is 0 Å². The van der Waals surface area contributed by atoms with Crippen LogP contribution in [0, 0.1) is 5.92 Å². The summed E-state index contributed by atoms with van der Waals surface area (Å²) in [5.74, 6) is -0.794. The Kier molecular flexibility index (Phi) is 1.20. The zero-order valence-electron chi connectivity index (χ0n) is 5.62. The van der Waals surface area contributed by atoms with E-state index in [1.54, 1.807) is 0 Å². The van der Waals surface area contributed by atoms with E-state index in [1.807, 2.05) is 0 Å². The van der Waals surface area contributed by atoms with Crippen LogP contribution in [0.2, 0.25) is 0 Å². The second-order valence-electron chi connectivity index (χ2n) is 3.06. The van der Waals surface area contributed by atoms with Crippen molar-refractivity contribution in [2.75, 3.05) is 0 Å². The van der Waals surface area contributed by atoms with Crippen LogP contribution in [0.15, 0.2) is 0 Å².